The number of imidazole rings is 1. The Labute approximate surface area is 243 Å². The van der Waals surface area contributed by atoms with Crippen molar-refractivity contribution in [3.05, 3.63) is 99.1 Å². The summed E-state index contributed by atoms with van der Waals surface area (Å²) in [6.45, 7) is 4.56. The lowest BCUT2D eigenvalue weighted by molar-refractivity contribution is -0.146. The summed E-state index contributed by atoms with van der Waals surface area (Å²) in [7, 11) is 0. The number of aliphatic hydroxyl groups excluding tert-OH is 2. The second kappa shape index (κ2) is 11.8. The molecule has 1 amide bonds. The summed E-state index contributed by atoms with van der Waals surface area (Å²) >= 11 is 7.38. The van der Waals surface area contributed by atoms with Crippen LogP contribution in [0.3, 0.4) is 0 Å². The zero-order valence-corrected chi connectivity index (χ0v) is 23.4. The van der Waals surface area contributed by atoms with Crippen molar-refractivity contribution in [3.8, 4) is 0 Å². The molecule has 0 spiro atoms. The number of benzene rings is 2. The Kier molecular flexibility index (Phi) is 8.42. The van der Waals surface area contributed by atoms with Crippen molar-refractivity contribution in [2.45, 2.75) is 50.4 Å². The van der Waals surface area contributed by atoms with E-state index in [1.54, 1.807) is 36.4 Å². The molecule has 3 N–H and O–H groups in total. The maximum atomic E-state index is 13.6. The average molecular weight is 605 g/mol. The number of rotatable bonds is 9. The molecular weight excluding hydrogens is 577 g/mol. The molecule has 3 atom stereocenters. The molecule has 0 radical (unpaired) electrons. The highest BCUT2D eigenvalue weighted by molar-refractivity contribution is 7.12. The van der Waals surface area contributed by atoms with Gasteiger partial charge in [-0.3, -0.25) is 4.79 Å². The van der Waals surface area contributed by atoms with Gasteiger partial charge in [0.25, 0.3) is 5.91 Å². The Hall–Kier alpha value is -3.38. The molecule has 1 aliphatic heterocycles. The Morgan fingerprint density at radius 3 is 2.63 bits per heavy atom. The summed E-state index contributed by atoms with van der Waals surface area (Å²) in [6.07, 6.45) is -6.23. The van der Waals surface area contributed by atoms with Crippen molar-refractivity contribution >= 4 is 39.9 Å². The summed E-state index contributed by atoms with van der Waals surface area (Å²) in [5, 5.41) is 24.6. The van der Waals surface area contributed by atoms with Crippen molar-refractivity contribution in [1.82, 2.24) is 19.8 Å². The van der Waals surface area contributed by atoms with Crippen LogP contribution in [0, 0.1) is 0 Å². The third-order valence-electron chi connectivity index (χ3n) is 7.14. The standard InChI is InChI=1S/C29H28ClF3N4O3S/c1-17(36-13-5-10-23(36)18-6-4-7-19(30)14-18)25(38)26(39)27(40)34-15-20-11-12-21(41-20)16-37-24-9-3-2-8-22(24)35-28(37)29(31,32)33/h2-4,6-9,11-12,14,23,25-26,38-39H,1,5,10,13,15-16H2,(H,34,40)/t23-,25?,26-/m1/s1. The average Bonchev–Trinajstić information content (AvgIpc) is 3.69. The molecule has 0 saturated carbocycles. The quantitative estimate of drug-likeness (QED) is 0.235. The highest BCUT2D eigenvalue weighted by atomic mass is 35.5. The molecule has 2 aromatic carbocycles. The number of hydrogen-bond acceptors (Lipinski definition) is 6. The van der Waals surface area contributed by atoms with Gasteiger partial charge >= 0.3 is 6.18 Å². The normalized spacial score (nSPS) is 17.1. The molecule has 1 saturated heterocycles. The van der Waals surface area contributed by atoms with E-state index in [2.05, 4.69) is 16.9 Å². The molecule has 2 aromatic heterocycles. The van der Waals surface area contributed by atoms with E-state index in [0.717, 1.165) is 23.0 Å². The van der Waals surface area contributed by atoms with Crippen LogP contribution in [-0.2, 0) is 24.1 Å². The summed E-state index contributed by atoms with van der Waals surface area (Å²) in [4.78, 5) is 19.7. The Bertz CT molecular complexity index is 1570. The maximum absolute atomic E-state index is 13.6. The topological polar surface area (TPSA) is 90.6 Å². The molecule has 12 heteroatoms. The molecule has 4 aromatic rings. The van der Waals surface area contributed by atoms with Gasteiger partial charge in [0, 0.05) is 27.0 Å². The second-order valence-corrected chi connectivity index (χ2v) is 11.6. The van der Waals surface area contributed by atoms with Crippen LogP contribution in [0.15, 0.2) is 72.9 Å². The van der Waals surface area contributed by atoms with E-state index < -0.39 is 30.1 Å². The first-order chi connectivity index (χ1) is 19.5. The zero-order valence-electron chi connectivity index (χ0n) is 21.8. The molecular formula is C29H28ClF3N4O3S. The van der Waals surface area contributed by atoms with Crippen molar-refractivity contribution in [3.63, 3.8) is 0 Å². The van der Waals surface area contributed by atoms with Crippen molar-refractivity contribution < 1.29 is 28.2 Å². The fourth-order valence-electron chi connectivity index (χ4n) is 5.16. The van der Waals surface area contributed by atoms with Crippen LogP contribution in [-0.4, -0.2) is 49.3 Å². The van der Waals surface area contributed by atoms with E-state index in [0.29, 0.717) is 26.8 Å². The van der Waals surface area contributed by atoms with Gasteiger partial charge in [0.2, 0.25) is 5.82 Å². The van der Waals surface area contributed by atoms with Gasteiger partial charge in [-0.05, 0) is 54.8 Å². The first-order valence-electron chi connectivity index (χ1n) is 13.0. The third-order valence-corrected chi connectivity index (χ3v) is 8.45. The van der Waals surface area contributed by atoms with E-state index in [9.17, 15) is 28.2 Å². The smallest absolute Gasteiger partial charge is 0.384 e. The minimum Gasteiger partial charge on any atom is -0.384 e. The van der Waals surface area contributed by atoms with Crippen LogP contribution in [0.1, 0.15) is 40.0 Å². The van der Waals surface area contributed by atoms with Crippen LogP contribution >= 0.6 is 22.9 Å². The minimum absolute atomic E-state index is 0.0331. The zero-order chi connectivity index (χ0) is 29.3. The monoisotopic (exact) mass is 604 g/mol. The lowest BCUT2D eigenvalue weighted by atomic mass is 10.0. The number of likely N-dealkylation sites (tertiary alicyclic amines) is 1. The van der Waals surface area contributed by atoms with Gasteiger partial charge < -0.3 is 25.0 Å². The van der Waals surface area contributed by atoms with Crippen LogP contribution in [0.2, 0.25) is 5.02 Å². The van der Waals surface area contributed by atoms with Gasteiger partial charge in [0.05, 0.1) is 30.2 Å². The number of hydrogen-bond donors (Lipinski definition) is 3. The fraction of sp³-hybridized carbons (Fsp3) is 0.310. The number of carbonyl (C=O) groups excluding carboxylic acids is 1. The van der Waals surface area contributed by atoms with Crippen LogP contribution in [0.5, 0.6) is 0 Å². The van der Waals surface area contributed by atoms with Crippen molar-refractivity contribution in [1.29, 1.82) is 0 Å². The van der Waals surface area contributed by atoms with Crippen LogP contribution in [0.4, 0.5) is 13.2 Å². The highest BCUT2D eigenvalue weighted by Gasteiger charge is 2.38. The van der Waals surface area contributed by atoms with Gasteiger partial charge in [-0.1, -0.05) is 42.4 Å². The first-order valence-corrected chi connectivity index (χ1v) is 14.2. The summed E-state index contributed by atoms with van der Waals surface area (Å²) < 4.78 is 42.0. The third kappa shape index (κ3) is 6.28. The van der Waals surface area contributed by atoms with Gasteiger partial charge in [-0.25, -0.2) is 4.98 Å². The number of para-hydroxylation sites is 2. The van der Waals surface area contributed by atoms with Crippen molar-refractivity contribution in [2.24, 2.45) is 0 Å². The lowest BCUT2D eigenvalue weighted by Crippen LogP contribution is -2.45. The van der Waals surface area contributed by atoms with Crippen LogP contribution in [0.25, 0.3) is 11.0 Å². The summed E-state index contributed by atoms with van der Waals surface area (Å²) in [6, 6.07) is 17.1. The highest BCUT2D eigenvalue weighted by Crippen LogP contribution is 2.37. The predicted molar refractivity (Wildman–Crippen MR) is 151 cm³/mol. The molecule has 216 valence electrons. The largest absolute Gasteiger partial charge is 0.449 e. The first kappa shape index (κ1) is 29.1. The predicted octanol–water partition coefficient (Wildman–Crippen LogP) is 5.51. The molecule has 1 unspecified atom stereocenters. The number of alkyl halides is 3. The van der Waals surface area contributed by atoms with E-state index in [1.807, 2.05) is 23.1 Å². The Morgan fingerprint density at radius 2 is 1.88 bits per heavy atom. The van der Waals surface area contributed by atoms with E-state index in [-0.39, 0.29) is 30.3 Å². The van der Waals surface area contributed by atoms with E-state index >= 15 is 0 Å². The number of nitrogens with one attached hydrogen (secondary N) is 1. The molecule has 1 aliphatic rings. The van der Waals surface area contributed by atoms with Gasteiger partial charge in [0.1, 0.15) is 6.10 Å². The van der Waals surface area contributed by atoms with E-state index in [1.165, 1.54) is 17.4 Å². The minimum atomic E-state index is -4.61. The SMILES string of the molecule is C=C(C(O)[C@@H](O)C(=O)NCc1ccc(Cn2c(C(F)(F)F)nc3ccccc32)s1)N1CCC[C@@H]1c1cccc(Cl)c1. The fourth-order valence-corrected chi connectivity index (χ4v) is 6.30. The van der Waals surface area contributed by atoms with Gasteiger partial charge in [0.15, 0.2) is 6.10 Å². The maximum Gasteiger partial charge on any atom is 0.449 e. The van der Waals surface area contributed by atoms with Crippen LogP contribution < -0.4 is 5.32 Å². The van der Waals surface area contributed by atoms with Crippen molar-refractivity contribution in [2.75, 3.05) is 6.54 Å². The number of aromatic nitrogens is 2. The number of aliphatic hydroxyl groups is 2. The number of thiophene rings is 1. The molecule has 0 aliphatic carbocycles. The Morgan fingerprint density at radius 1 is 1.12 bits per heavy atom. The molecule has 7 nitrogen and oxygen atoms in total. The van der Waals surface area contributed by atoms with Gasteiger partial charge in [-0.2, -0.15) is 13.2 Å². The van der Waals surface area contributed by atoms with E-state index in [4.69, 9.17) is 11.6 Å². The number of halogens is 4. The molecule has 0 bridgehead atoms. The lowest BCUT2D eigenvalue weighted by Gasteiger charge is -2.32. The molecule has 3 heterocycles. The number of fused-ring (bicyclic) bond motifs is 1. The summed E-state index contributed by atoms with van der Waals surface area (Å²) in [5.74, 6) is -1.76. The van der Waals surface area contributed by atoms with Gasteiger partial charge in [-0.15, -0.1) is 11.3 Å². The number of amides is 1. The Balaban J connectivity index is 1.21. The molecule has 41 heavy (non-hydrogen) atoms. The number of nitrogens with zero attached hydrogens (tertiary/aromatic N) is 3. The second-order valence-electron chi connectivity index (χ2n) is 9.88. The summed E-state index contributed by atoms with van der Waals surface area (Å²) in [5.41, 5.74) is 1.82. The molecule has 1 fully saturated rings. The molecule has 5 rings (SSSR count). The number of carbonyl (C=O) groups is 1.